The summed E-state index contributed by atoms with van der Waals surface area (Å²) >= 11 is 0. The second-order valence-corrected chi connectivity index (χ2v) is 13.8. The Morgan fingerprint density at radius 3 is 1.12 bits per heavy atom. The Morgan fingerprint density at radius 1 is 0.521 bits per heavy atom. The molecule has 2 aromatic carbocycles. The van der Waals surface area contributed by atoms with Crippen molar-refractivity contribution in [2.45, 2.75) is 66.0 Å². The van der Waals surface area contributed by atoms with Gasteiger partial charge in [-0.3, -0.25) is 19.4 Å². The highest BCUT2D eigenvalue weighted by atomic mass is 16.6. The summed E-state index contributed by atoms with van der Waals surface area (Å²) in [5.41, 5.74) is 0.327. The highest BCUT2D eigenvalue weighted by molar-refractivity contribution is 5.72. The fraction of sp³-hybridized carbons (Fsp3) is 0.556. The highest BCUT2D eigenvalue weighted by Gasteiger charge is 2.28. The molecule has 0 saturated carbocycles. The first-order valence-electron chi connectivity index (χ1n) is 16.5. The molecule has 0 unspecified atom stereocenters. The van der Waals surface area contributed by atoms with Crippen LogP contribution in [-0.4, -0.2) is 120 Å². The van der Waals surface area contributed by atoms with Gasteiger partial charge in [-0.25, -0.2) is 9.59 Å². The van der Waals surface area contributed by atoms with Crippen LogP contribution in [0, 0.1) is 0 Å². The molecule has 2 amide bonds. The Labute approximate surface area is 284 Å². The molecule has 12 nitrogen and oxygen atoms in total. The molecule has 2 aromatic rings. The first kappa shape index (κ1) is 38.3. The number of benzene rings is 2. The Bertz CT molecular complexity index is 1190. The Hall–Kier alpha value is -4.16. The molecule has 0 spiro atoms. The predicted molar refractivity (Wildman–Crippen MR) is 181 cm³/mol. The summed E-state index contributed by atoms with van der Waals surface area (Å²) in [6.07, 6.45) is -0.985. The van der Waals surface area contributed by atoms with E-state index in [-0.39, 0.29) is 52.5 Å². The minimum Gasteiger partial charge on any atom is -0.460 e. The van der Waals surface area contributed by atoms with Gasteiger partial charge in [0.2, 0.25) is 0 Å². The van der Waals surface area contributed by atoms with Gasteiger partial charge in [-0.15, -0.1) is 0 Å². The Balaban J connectivity index is 1.77. The monoisotopic (exact) mass is 668 g/mol. The molecule has 1 aliphatic heterocycles. The van der Waals surface area contributed by atoms with Crippen LogP contribution in [0.5, 0.6) is 0 Å². The second kappa shape index (κ2) is 18.4. The smallest absolute Gasteiger partial charge is 0.410 e. The van der Waals surface area contributed by atoms with Crippen LogP contribution >= 0.6 is 0 Å². The second-order valence-electron chi connectivity index (χ2n) is 13.8. The van der Waals surface area contributed by atoms with Crippen LogP contribution in [0.3, 0.4) is 0 Å². The molecule has 0 atom stereocenters. The lowest BCUT2D eigenvalue weighted by molar-refractivity contribution is -0.147. The largest absolute Gasteiger partial charge is 0.460 e. The molecule has 264 valence electrons. The van der Waals surface area contributed by atoms with E-state index in [2.05, 4.69) is 0 Å². The Kier molecular flexibility index (Phi) is 14.7. The van der Waals surface area contributed by atoms with E-state index < -0.39 is 35.3 Å². The van der Waals surface area contributed by atoms with Crippen LogP contribution in [0.1, 0.15) is 52.7 Å². The number of nitrogens with zero attached hydrogens (tertiary/aromatic N) is 4. The maximum atomic E-state index is 13.3. The predicted octanol–water partition coefficient (Wildman–Crippen LogP) is 4.57. The van der Waals surface area contributed by atoms with Gasteiger partial charge in [0.15, 0.2) is 0 Å². The zero-order valence-corrected chi connectivity index (χ0v) is 29.3. The Morgan fingerprint density at radius 2 is 0.833 bits per heavy atom. The third-order valence-corrected chi connectivity index (χ3v) is 7.24. The third-order valence-electron chi connectivity index (χ3n) is 7.24. The van der Waals surface area contributed by atoms with E-state index in [1.165, 1.54) is 0 Å². The van der Waals surface area contributed by atoms with E-state index in [9.17, 15) is 19.2 Å². The number of hydrogen-bond donors (Lipinski definition) is 0. The van der Waals surface area contributed by atoms with Crippen LogP contribution in [0.4, 0.5) is 9.59 Å². The average molecular weight is 669 g/mol. The highest BCUT2D eigenvalue weighted by Crippen LogP contribution is 2.13. The molecule has 1 saturated heterocycles. The SMILES string of the molecule is CC(C)(C)OC(=O)N1CCN(CC(=O)OCc2ccccc2)CCN(C(=O)OC(C)(C)C)CCN(CC(=O)OCc2ccccc2)CC1. The van der Waals surface area contributed by atoms with Gasteiger partial charge in [-0.2, -0.15) is 0 Å². The molecule has 1 fully saturated rings. The van der Waals surface area contributed by atoms with Crippen molar-refractivity contribution < 1.29 is 38.1 Å². The van der Waals surface area contributed by atoms with Gasteiger partial charge in [0.25, 0.3) is 0 Å². The molecular formula is C36H52N4O8. The van der Waals surface area contributed by atoms with E-state index in [1.54, 1.807) is 51.3 Å². The molecule has 12 heteroatoms. The van der Waals surface area contributed by atoms with E-state index in [0.29, 0.717) is 26.2 Å². The number of rotatable bonds is 8. The lowest BCUT2D eigenvalue weighted by atomic mass is 10.2. The van der Waals surface area contributed by atoms with Crippen molar-refractivity contribution in [3.63, 3.8) is 0 Å². The van der Waals surface area contributed by atoms with Crippen LogP contribution < -0.4 is 0 Å². The fourth-order valence-electron chi connectivity index (χ4n) is 4.76. The first-order chi connectivity index (χ1) is 22.7. The molecule has 3 rings (SSSR count). The van der Waals surface area contributed by atoms with Crippen molar-refractivity contribution in [1.29, 1.82) is 0 Å². The van der Waals surface area contributed by atoms with Gasteiger partial charge in [0.1, 0.15) is 24.4 Å². The molecule has 1 aliphatic rings. The number of carbonyl (C=O) groups excluding carboxylic acids is 4. The van der Waals surface area contributed by atoms with Crippen LogP contribution in [0.15, 0.2) is 60.7 Å². The number of hydrogen-bond acceptors (Lipinski definition) is 10. The van der Waals surface area contributed by atoms with Gasteiger partial charge >= 0.3 is 24.1 Å². The molecule has 0 N–H and O–H groups in total. The van der Waals surface area contributed by atoms with Gasteiger partial charge in [0, 0.05) is 52.4 Å². The molecule has 0 aromatic heterocycles. The first-order valence-corrected chi connectivity index (χ1v) is 16.5. The van der Waals surface area contributed by atoms with Gasteiger partial charge < -0.3 is 28.7 Å². The summed E-state index contributed by atoms with van der Waals surface area (Å²) in [6.45, 7) is 13.3. The standard InChI is InChI=1S/C36H52N4O8/c1-35(2,3)47-33(43)39-21-17-37(25-31(41)45-27-29-13-9-7-10-14-29)19-23-40(34(44)48-36(4,5)6)24-20-38(18-22-39)26-32(42)46-28-30-15-11-8-12-16-30/h7-16H,17-28H2,1-6H3. The summed E-state index contributed by atoms with van der Waals surface area (Å²) in [7, 11) is 0. The zero-order chi connectivity index (χ0) is 35.2. The maximum absolute atomic E-state index is 13.3. The van der Waals surface area contributed by atoms with Crippen molar-refractivity contribution in [2.75, 3.05) is 65.4 Å². The van der Waals surface area contributed by atoms with Crippen molar-refractivity contribution >= 4 is 24.1 Å². The van der Waals surface area contributed by atoms with Gasteiger partial charge in [-0.1, -0.05) is 60.7 Å². The van der Waals surface area contributed by atoms with Crippen molar-refractivity contribution in [2.24, 2.45) is 0 Å². The average Bonchev–Trinajstić information content (AvgIpc) is 3.00. The maximum Gasteiger partial charge on any atom is 0.410 e. The fourth-order valence-corrected chi connectivity index (χ4v) is 4.76. The van der Waals surface area contributed by atoms with E-state index in [1.807, 2.05) is 70.5 Å². The summed E-state index contributed by atoms with van der Waals surface area (Å²) in [5.74, 6) is -0.836. The number of ether oxygens (including phenoxy) is 4. The van der Waals surface area contributed by atoms with Crippen LogP contribution in [0.25, 0.3) is 0 Å². The van der Waals surface area contributed by atoms with E-state index >= 15 is 0 Å². The lowest BCUT2D eigenvalue weighted by Crippen LogP contribution is -2.51. The molecule has 48 heavy (non-hydrogen) atoms. The summed E-state index contributed by atoms with van der Waals surface area (Å²) in [6, 6.07) is 18.8. The minimum atomic E-state index is -0.712. The number of amides is 2. The van der Waals surface area contributed by atoms with Crippen molar-refractivity contribution in [3.05, 3.63) is 71.8 Å². The van der Waals surface area contributed by atoms with Crippen LogP contribution in [0.2, 0.25) is 0 Å². The quantitative estimate of drug-likeness (QED) is 0.293. The summed E-state index contributed by atoms with van der Waals surface area (Å²) in [5, 5.41) is 0. The van der Waals surface area contributed by atoms with E-state index in [4.69, 9.17) is 18.9 Å². The zero-order valence-electron chi connectivity index (χ0n) is 29.3. The molecule has 0 radical (unpaired) electrons. The number of carbonyl (C=O) groups is 4. The van der Waals surface area contributed by atoms with Crippen molar-refractivity contribution in [3.8, 4) is 0 Å². The molecule has 0 aliphatic carbocycles. The van der Waals surface area contributed by atoms with E-state index in [0.717, 1.165) is 11.1 Å². The van der Waals surface area contributed by atoms with Crippen LogP contribution in [-0.2, 0) is 41.8 Å². The summed E-state index contributed by atoms with van der Waals surface area (Å²) < 4.78 is 22.5. The lowest BCUT2D eigenvalue weighted by Gasteiger charge is -2.35. The molecular weight excluding hydrogens is 616 g/mol. The number of esters is 2. The molecule has 0 bridgehead atoms. The normalized spacial score (nSPS) is 15.9. The third kappa shape index (κ3) is 15.2. The summed E-state index contributed by atoms with van der Waals surface area (Å²) in [4.78, 5) is 59.4. The van der Waals surface area contributed by atoms with Gasteiger partial charge in [0.05, 0.1) is 13.1 Å². The minimum absolute atomic E-state index is 0.0312. The van der Waals surface area contributed by atoms with Gasteiger partial charge in [-0.05, 0) is 52.7 Å². The molecule has 1 heterocycles. The topological polar surface area (TPSA) is 118 Å². The van der Waals surface area contributed by atoms with Crippen molar-refractivity contribution in [1.82, 2.24) is 19.6 Å².